The molecule has 1 amide bonds. The fraction of sp³-hybridized carbons (Fsp3) is 0.0588. The maximum absolute atomic E-state index is 12.2. The smallest absolute Gasteiger partial charge is 0.255 e. The molecule has 2 N–H and O–H groups in total. The Bertz CT molecular complexity index is 765. The Morgan fingerprint density at radius 2 is 2.00 bits per heavy atom. The summed E-state index contributed by atoms with van der Waals surface area (Å²) in [7, 11) is 1.59. The summed E-state index contributed by atoms with van der Waals surface area (Å²) in [4.78, 5) is 19.4. The highest BCUT2D eigenvalue weighted by molar-refractivity contribution is 6.04. The number of carbonyl (C=O) groups is 1. The number of imidazole rings is 1. The maximum atomic E-state index is 12.2. The summed E-state index contributed by atoms with van der Waals surface area (Å²) in [5, 5.41) is 2.84. The van der Waals surface area contributed by atoms with E-state index in [4.69, 9.17) is 4.74 Å². The number of rotatable bonds is 4. The lowest BCUT2D eigenvalue weighted by atomic mass is 10.1. The van der Waals surface area contributed by atoms with Gasteiger partial charge in [0.2, 0.25) is 0 Å². The molecule has 0 bridgehead atoms. The zero-order valence-corrected chi connectivity index (χ0v) is 12.0. The van der Waals surface area contributed by atoms with Gasteiger partial charge in [-0.3, -0.25) is 4.79 Å². The molecule has 22 heavy (non-hydrogen) atoms. The van der Waals surface area contributed by atoms with Crippen LogP contribution in [0.3, 0.4) is 0 Å². The van der Waals surface area contributed by atoms with E-state index in [1.54, 1.807) is 37.7 Å². The minimum atomic E-state index is -0.167. The summed E-state index contributed by atoms with van der Waals surface area (Å²) < 4.78 is 5.14. The molecule has 2 aromatic carbocycles. The molecule has 0 atom stereocenters. The number of aromatic amines is 1. The second-order valence-electron chi connectivity index (χ2n) is 4.70. The largest absolute Gasteiger partial charge is 0.497 e. The first-order chi connectivity index (χ1) is 10.8. The normalized spacial score (nSPS) is 10.2. The monoisotopic (exact) mass is 293 g/mol. The van der Waals surface area contributed by atoms with E-state index in [1.807, 2.05) is 30.3 Å². The number of ether oxygens (including phenoxy) is 1. The third-order valence-electron chi connectivity index (χ3n) is 3.25. The predicted molar refractivity (Wildman–Crippen MR) is 85.0 cm³/mol. The second kappa shape index (κ2) is 6.13. The van der Waals surface area contributed by atoms with E-state index in [0.717, 1.165) is 11.4 Å². The Balaban J connectivity index is 1.74. The van der Waals surface area contributed by atoms with Crippen LogP contribution in [0.1, 0.15) is 10.4 Å². The number of methoxy groups -OCH3 is 1. The molecule has 0 unspecified atom stereocenters. The first-order valence-corrected chi connectivity index (χ1v) is 6.81. The van der Waals surface area contributed by atoms with Crippen LogP contribution in [0.2, 0.25) is 0 Å². The van der Waals surface area contributed by atoms with Crippen LogP contribution in [0.5, 0.6) is 5.75 Å². The topological polar surface area (TPSA) is 67.0 Å². The Kier molecular flexibility index (Phi) is 3.87. The third kappa shape index (κ3) is 2.98. The Morgan fingerprint density at radius 1 is 1.18 bits per heavy atom. The first-order valence-electron chi connectivity index (χ1n) is 6.81. The lowest BCUT2D eigenvalue weighted by molar-refractivity contribution is 0.102. The number of carbonyl (C=O) groups excluding carboxylic acids is 1. The molecular weight excluding hydrogens is 278 g/mol. The molecule has 0 spiro atoms. The number of amides is 1. The van der Waals surface area contributed by atoms with Crippen LogP contribution in [-0.4, -0.2) is 23.0 Å². The molecule has 1 aromatic heterocycles. The first kappa shape index (κ1) is 13.9. The van der Waals surface area contributed by atoms with Gasteiger partial charge in [-0.25, -0.2) is 4.98 Å². The number of benzene rings is 2. The van der Waals surface area contributed by atoms with Gasteiger partial charge in [0.25, 0.3) is 5.91 Å². The average Bonchev–Trinajstić information content (AvgIpc) is 3.09. The quantitative estimate of drug-likeness (QED) is 0.775. The number of aromatic nitrogens is 2. The molecule has 1 heterocycles. The molecule has 0 aliphatic rings. The minimum absolute atomic E-state index is 0.167. The van der Waals surface area contributed by atoms with Crippen molar-refractivity contribution < 1.29 is 9.53 Å². The van der Waals surface area contributed by atoms with Gasteiger partial charge < -0.3 is 15.0 Å². The van der Waals surface area contributed by atoms with Crippen molar-refractivity contribution >= 4 is 11.6 Å². The van der Waals surface area contributed by atoms with Gasteiger partial charge in [-0.1, -0.05) is 18.2 Å². The van der Waals surface area contributed by atoms with Crippen molar-refractivity contribution in [2.45, 2.75) is 0 Å². The average molecular weight is 293 g/mol. The molecule has 5 nitrogen and oxygen atoms in total. The van der Waals surface area contributed by atoms with Crippen LogP contribution < -0.4 is 10.1 Å². The van der Waals surface area contributed by atoms with Crippen molar-refractivity contribution in [2.75, 3.05) is 12.4 Å². The van der Waals surface area contributed by atoms with Gasteiger partial charge in [0.05, 0.1) is 7.11 Å². The van der Waals surface area contributed by atoms with E-state index in [-0.39, 0.29) is 5.91 Å². The summed E-state index contributed by atoms with van der Waals surface area (Å²) in [6, 6.07) is 14.5. The Hall–Kier alpha value is -3.08. The molecule has 0 radical (unpaired) electrons. The second-order valence-corrected chi connectivity index (χ2v) is 4.70. The number of hydrogen-bond donors (Lipinski definition) is 2. The van der Waals surface area contributed by atoms with E-state index in [9.17, 15) is 4.79 Å². The van der Waals surface area contributed by atoms with Crippen LogP contribution >= 0.6 is 0 Å². The Labute approximate surface area is 128 Å². The van der Waals surface area contributed by atoms with Crippen molar-refractivity contribution in [1.82, 2.24) is 9.97 Å². The standard InChI is InChI=1S/C17H15N3O2/c1-22-15-4-2-3-14(11-15)20-17(21)13-7-5-12(6-8-13)16-18-9-10-19-16/h2-11H,1H3,(H,18,19)(H,20,21). The molecule has 0 saturated carbocycles. The minimum Gasteiger partial charge on any atom is -0.497 e. The van der Waals surface area contributed by atoms with Crippen molar-refractivity contribution in [3.8, 4) is 17.1 Å². The SMILES string of the molecule is COc1cccc(NC(=O)c2ccc(-c3ncc[nH]3)cc2)c1. The van der Waals surface area contributed by atoms with Gasteiger partial charge >= 0.3 is 0 Å². The van der Waals surface area contributed by atoms with E-state index in [1.165, 1.54) is 0 Å². The van der Waals surface area contributed by atoms with E-state index < -0.39 is 0 Å². The number of nitrogens with zero attached hydrogens (tertiary/aromatic N) is 1. The van der Waals surface area contributed by atoms with Crippen molar-refractivity contribution in [1.29, 1.82) is 0 Å². The predicted octanol–water partition coefficient (Wildman–Crippen LogP) is 3.34. The van der Waals surface area contributed by atoms with Gasteiger partial charge in [0, 0.05) is 35.3 Å². The highest BCUT2D eigenvalue weighted by atomic mass is 16.5. The summed E-state index contributed by atoms with van der Waals surface area (Å²) in [6.45, 7) is 0. The zero-order valence-electron chi connectivity index (χ0n) is 12.0. The van der Waals surface area contributed by atoms with Crippen LogP contribution in [0.4, 0.5) is 5.69 Å². The van der Waals surface area contributed by atoms with E-state index in [2.05, 4.69) is 15.3 Å². The number of nitrogens with one attached hydrogen (secondary N) is 2. The Morgan fingerprint density at radius 3 is 2.68 bits per heavy atom. The molecule has 0 saturated heterocycles. The van der Waals surface area contributed by atoms with Crippen molar-refractivity contribution in [2.24, 2.45) is 0 Å². The summed E-state index contributed by atoms with van der Waals surface area (Å²) >= 11 is 0. The van der Waals surface area contributed by atoms with Gasteiger partial charge in [0.1, 0.15) is 11.6 Å². The fourth-order valence-electron chi connectivity index (χ4n) is 2.11. The van der Waals surface area contributed by atoms with Gasteiger partial charge in [-0.2, -0.15) is 0 Å². The van der Waals surface area contributed by atoms with Gasteiger partial charge in [-0.05, 0) is 24.3 Å². The lowest BCUT2D eigenvalue weighted by Gasteiger charge is -2.07. The molecule has 0 aliphatic heterocycles. The summed E-state index contributed by atoms with van der Waals surface area (Å²) in [6.07, 6.45) is 3.46. The van der Waals surface area contributed by atoms with Crippen molar-refractivity contribution in [3.05, 3.63) is 66.5 Å². The molecule has 110 valence electrons. The zero-order chi connectivity index (χ0) is 15.4. The van der Waals surface area contributed by atoms with Crippen LogP contribution in [0.25, 0.3) is 11.4 Å². The number of hydrogen-bond acceptors (Lipinski definition) is 3. The number of anilines is 1. The van der Waals surface area contributed by atoms with E-state index >= 15 is 0 Å². The fourth-order valence-corrected chi connectivity index (χ4v) is 2.11. The van der Waals surface area contributed by atoms with Gasteiger partial charge in [-0.15, -0.1) is 0 Å². The van der Waals surface area contributed by atoms with Gasteiger partial charge in [0.15, 0.2) is 0 Å². The third-order valence-corrected chi connectivity index (χ3v) is 3.25. The summed E-state index contributed by atoms with van der Waals surface area (Å²) in [5.41, 5.74) is 2.21. The van der Waals surface area contributed by atoms with Crippen LogP contribution in [0.15, 0.2) is 60.9 Å². The molecule has 3 rings (SSSR count). The molecule has 0 fully saturated rings. The number of H-pyrrole nitrogens is 1. The van der Waals surface area contributed by atoms with Crippen LogP contribution in [-0.2, 0) is 0 Å². The molecular formula is C17H15N3O2. The lowest BCUT2D eigenvalue weighted by Crippen LogP contribution is -2.11. The molecule has 3 aromatic rings. The van der Waals surface area contributed by atoms with E-state index in [0.29, 0.717) is 17.0 Å². The molecule has 0 aliphatic carbocycles. The maximum Gasteiger partial charge on any atom is 0.255 e. The molecule has 5 heteroatoms. The van der Waals surface area contributed by atoms with Crippen molar-refractivity contribution in [3.63, 3.8) is 0 Å². The highest BCUT2D eigenvalue weighted by Crippen LogP contribution is 2.19. The highest BCUT2D eigenvalue weighted by Gasteiger charge is 2.07. The van der Waals surface area contributed by atoms with Crippen LogP contribution in [0, 0.1) is 0 Å². The summed E-state index contributed by atoms with van der Waals surface area (Å²) in [5.74, 6) is 1.31.